The van der Waals surface area contributed by atoms with Gasteiger partial charge in [-0.3, -0.25) is 9.48 Å². The molecule has 0 aliphatic rings. The molecule has 0 aliphatic heterocycles. The fourth-order valence-electron chi connectivity index (χ4n) is 2.05. The van der Waals surface area contributed by atoms with E-state index in [1.165, 1.54) is 23.1 Å². The third-order valence-corrected chi connectivity index (χ3v) is 3.49. The van der Waals surface area contributed by atoms with Crippen LogP contribution in [0.5, 0.6) is 5.75 Å². The van der Waals surface area contributed by atoms with Crippen LogP contribution >= 0.6 is 11.6 Å². The van der Waals surface area contributed by atoms with Crippen molar-refractivity contribution in [1.29, 1.82) is 0 Å². The summed E-state index contributed by atoms with van der Waals surface area (Å²) in [5.41, 5.74) is 0.595. The SMILES string of the molecule is CCn1cc(Cl)c(CN(C)C(=O)c2ccccc2OC(F)F)n1. The van der Waals surface area contributed by atoms with Gasteiger partial charge in [-0.2, -0.15) is 13.9 Å². The molecule has 0 unspecified atom stereocenters. The lowest BCUT2D eigenvalue weighted by atomic mass is 10.1. The molecule has 0 N–H and O–H groups in total. The number of aromatic nitrogens is 2. The quantitative estimate of drug-likeness (QED) is 0.807. The standard InChI is InChI=1S/C15H16ClF2N3O2/c1-3-21-8-11(16)12(19-21)9-20(2)14(22)10-6-4-5-7-13(10)23-15(17)18/h4-8,15H,3,9H2,1-2H3. The molecule has 0 aliphatic carbocycles. The number of nitrogens with zero attached hydrogens (tertiary/aromatic N) is 3. The van der Waals surface area contributed by atoms with E-state index in [4.69, 9.17) is 11.6 Å². The molecule has 1 heterocycles. The van der Waals surface area contributed by atoms with Gasteiger partial charge in [0, 0.05) is 19.8 Å². The smallest absolute Gasteiger partial charge is 0.387 e. The minimum Gasteiger partial charge on any atom is -0.434 e. The van der Waals surface area contributed by atoms with E-state index in [0.717, 1.165) is 0 Å². The van der Waals surface area contributed by atoms with Crippen molar-refractivity contribution < 1.29 is 18.3 Å². The second-order valence-electron chi connectivity index (χ2n) is 4.82. The molecule has 0 atom stereocenters. The largest absolute Gasteiger partial charge is 0.434 e. The van der Waals surface area contributed by atoms with Crippen molar-refractivity contribution in [3.63, 3.8) is 0 Å². The number of ether oxygens (including phenoxy) is 1. The Balaban J connectivity index is 2.18. The fourth-order valence-corrected chi connectivity index (χ4v) is 2.26. The van der Waals surface area contributed by atoms with E-state index in [1.54, 1.807) is 24.0 Å². The van der Waals surface area contributed by atoms with Crippen LogP contribution in [0.4, 0.5) is 8.78 Å². The Labute approximate surface area is 137 Å². The van der Waals surface area contributed by atoms with Gasteiger partial charge >= 0.3 is 6.61 Å². The van der Waals surface area contributed by atoms with Gasteiger partial charge < -0.3 is 9.64 Å². The van der Waals surface area contributed by atoms with E-state index in [0.29, 0.717) is 17.3 Å². The number of halogens is 3. The third-order valence-electron chi connectivity index (χ3n) is 3.18. The summed E-state index contributed by atoms with van der Waals surface area (Å²) in [6, 6.07) is 5.86. The van der Waals surface area contributed by atoms with E-state index in [2.05, 4.69) is 9.84 Å². The molecule has 1 aromatic carbocycles. The monoisotopic (exact) mass is 343 g/mol. The van der Waals surface area contributed by atoms with Crippen LogP contribution in [-0.4, -0.2) is 34.2 Å². The lowest BCUT2D eigenvalue weighted by Gasteiger charge is -2.18. The Hall–Kier alpha value is -2.15. The van der Waals surface area contributed by atoms with Crippen molar-refractivity contribution in [3.8, 4) is 5.75 Å². The molecule has 0 fully saturated rings. The van der Waals surface area contributed by atoms with E-state index < -0.39 is 12.5 Å². The zero-order valence-corrected chi connectivity index (χ0v) is 13.4. The fraction of sp³-hybridized carbons (Fsp3) is 0.333. The lowest BCUT2D eigenvalue weighted by molar-refractivity contribution is -0.0502. The highest BCUT2D eigenvalue weighted by Crippen LogP contribution is 2.23. The number of carbonyl (C=O) groups is 1. The normalized spacial score (nSPS) is 10.9. The van der Waals surface area contributed by atoms with Gasteiger partial charge in [-0.25, -0.2) is 0 Å². The summed E-state index contributed by atoms with van der Waals surface area (Å²) in [4.78, 5) is 13.8. The van der Waals surface area contributed by atoms with Crippen LogP contribution in [0, 0.1) is 0 Å². The number of carbonyl (C=O) groups excluding carboxylic acids is 1. The summed E-state index contributed by atoms with van der Waals surface area (Å²) in [5.74, 6) is -0.618. The molecular weight excluding hydrogens is 328 g/mol. The molecular formula is C15H16ClF2N3O2. The first-order valence-electron chi connectivity index (χ1n) is 6.93. The molecule has 124 valence electrons. The minimum atomic E-state index is -3.00. The predicted molar refractivity (Wildman–Crippen MR) is 81.8 cm³/mol. The molecule has 23 heavy (non-hydrogen) atoms. The summed E-state index contributed by atoms with van der Waals surface area (Å²) < 4.78 is 30.9. The highest BCUT2D eigenvalue weighted by Gasteiger charge is 2.20. The summed E-state index contributed by atoms with van der Waals surface area (Å²) >= 11 is 6.07. The van der Waals surface area contributed by atoms with E-state index >= 15 is 0 Å². The van der Waals surface area contributed by atoms with Gasteiger partial charge in [-0.05, 0) is 19.1 Å². The molecule has 0 bridgehead atoms. The average Bonchev–Trinajstić information content (AvgIpc) is 2.86. The van der Waals surface area contributed by atoms with E-state index in [-0.39, 0.29) is 17.9 Å². The Kier molecular flexibility index (Phi) is 5.54. The number of para-hydroxylation sites is 1. The Morgan fingerprint density at radius 3 is 2.74 bits per heavy atom. The number of benzene rings is 1. The van der Waals surface area contributed by atoms with Crippen molar-refractivity contribution in [3.05, 3.63) is 46.7 Å². The van der Waals surface area contributed by atoms with Gasteiger partial charge in [-0.1, -0.05) is 23.7 Å². The van der Waals surface area contributed by atoms with Crippen LogP contribution in [0.3, 0.4) is 0 Å². The maximum atomic E-state index is 12.5. The van der Waals surface area contributed by atoms with Crippen LogP contribution in [0.25, 0.3) is 0 Å². The molecule has 2 rings (SSSR count). The van der Waals surface area contributed by atoms with Crippen LogP contribution in [0.15, 0.2) is 30.5 Å². The molecule has 1 amide bonds. The highest BCUT2D eigenvalue weighted by molar-refractivity contribution is 6.31. The maximum Gasteiger partial charge on any atom is 0.387 e. The second-order valence-corrected chi connectivity index (χ2v) is 5.22. The van der Waals surface area contributed by atoms with Crippen molar-refractivity contribution in [1.82, 2.24) is 14.7 Å². The number of rotatable bonds is 6. The molecule has 0 radical (unpaired) electrons. The van der Waals surface area contributed by atoms with Gasteiger partial charge in [0.05, 0.1) is 17.1 Å². The molecule has 8 heteroatoms. The Morgan fingerprint density at radius 2 is 2.13 bits per heavy atom. The molecule has 2 aromatic rings. The second kappa shape index (κ2) is 7.41. The maximum absolute atomic E-state index is 12.5. The molecule has 5 nitrogen and oxygen atoms in total. The number of hydrogen-bond donors (Lipinski definition) is 0. The zero-order valence-electron chi connectivity index (χ0n) is 12.7. The first-order chi connectivity index (χ1) is 10.9. The van der Waals surface area contributed by atoms with Crippen LogP contribution in [0.2, 0.25) is 5.02 Å². The first kappa shape index (κ1) is 17.2. The van der Waals surface area contributed by atoms with Gasteiger partial charge in [0.2, 0.25) is 0 Å². The van der Waals surface area contributed by atoms with Crippen molar-refractivity contribution >= 4 is 17.5 Å². The summed E-state index contributed by atoms with van der Waals surface area (Å²) in [5, 5.41) is 4.70. The predicted octanol–water partition coefficient (Wildman–Crippen LogP) is 3.43. The summed E-state index contributed by atoms with van der Waals surface area (Å²) in [6.07, 6.45) is 1.67. The molecule has 0 spiro atoms. The van der Waals surface area contributed by atoms with Crippen LogP contribution < -0.4 is 4.74 Å². The molecule has 1 aromatic heterocycles. The van der Waals surface area contributed by atoms with Crippen molar-refractivity contribution in [2.45, 2.75) is 26.6 Å². The number of hydrogen-bond acceptors (Lipinski definition) is 3. The van der Waals surface area contributed by atoms with Gasteiger partial charge in [0.25, 0.3) is 5.91 Å². The average molecular weight is 344 g/mol. The topological polar surface area (TPSA) is 47.4 Å². The number of aryl methyl sites for hydroxylation is 1. The lowest BCUT2D eigenvalue weighted by Crippen LogP contribution is -2.27. The Morgan fingerprint density at radius 1 is 1.43 bits per heavy atom. The first-order valence-corrected chi connectivity index (χ1v) is 7.31. The molecule has 0 saturated heterocycles. The van der Waals surface area contributed by atoms with Crippen molar-refractivity contribution in [2.24, 2.45) is 0 Å². The molecule has 0 saturated carbocycles. The van der Waals surface area contributed by atoms with E-state index in [1.807, 2.05) is 6.92 Å². The minimum absolute atomic E-state index is 0.0568. The zero-order chi connectivity index (χ0) is 17.0. The van der Waals surface area contributed by atoms with Gasteiger partial charge in [-0.15, -0.1) is 0 Å². The van der Waals surface area contributed by atoms with E-state index in [9.17, 15) is 13.6 Å². The Bertz CT molecular complexity index is 691. The summed E-state index contributed by atoms with van der Waals surface area (Å²) in [7, 11) is 1.54. The third kappa shape index (κ3) is 4.19. The highest BCUT2D eigenvalue weighted by atomic mass is 35.5. The van der Waals surface area contributed by atoms with Gasteiger partial charge in [0.1, 0.15) is 11.4 Å². The van der Waals surface area contributed by atoms with Crippen LogP contribution in [-0.2, 0) is 13.1 Å². The van der Waals surface area contributed by atoms with Gasteiger partial charge in [0.15, 0.2) is 0 Å². The summed E-state index contributed by atoms with van der Waals surface area (Å²) in [6.45, 7) is -0.264. The number of alkyl halides is 2. The number of amides is 1. The van der Waals surface area contributed by atoms with Crippen molar-refractivity contribution in [2.75, 3.05) is 7.05 Å². The van der Waals surface area contributed by atoms with Crippen LogP contribution in [0.1, 0.15) is 23.0 Å².